The van der Waals surface area contributed by atoms with E-state index < -0.39 is 0 Å². The molecule has 1 atom stereocenters. The molecule has 0 aromatic heterocycles. The maximum absolute atomic E-state index is 9.39. The van der Waals surface area contributed by atoms with E-state index in [0.717, 1.165) is 5.56 Å². The molecule has 3 N–H and O–H groups in total. The fraction of sp³-hybridized carbons (Fsp3) is 0.500. The van der Waals surface area contributed by atoms with Crippen LogP contribution in [0.2, 0.25) is 0 Å². The predicted octanol–water partition coefficient (Wildman–Crippen LogP) is 1.30. The lowest BCUT2D eigenvalue weighted by molar-refractivity contribution is 0.0711. The molecule has 1 rings (SSSR count). The molecule has 0 aliphatic rings. The van der Waals surface area contributed by atoms with Crippen molar-refractivity contribution in [2.45, 2.75) is 25.6 Å². The highest BCUT2D eigenvalue weighted by Crippen LogP contribution is 2.02. The molecule has 0 aliphatic heterocycles. The molecule has 1 aromatic carbocycles. The first-order chi connectivity index (χ1) is 7.33. The molecule has 84 valence electrons. The number of hydrogen-bond acceptors (Lipinski definition) is 3. The summed E-state index contributed by atoms with van der Waals surface area (Å²) < 4.78 is 5.44. The van der Waals surface area contributed by atoms with Crippen LogP contribution in [-0.4, -0.2) is 24.4 Å². The van der Waals surface area contributed by atoms with Crippen molar-refractivity contribution in [2.24, 2.45) is 5.73 Å². The van der Waals surface area contributed by atoms with Gasteiger partial charge in [-0.15, -0.1) is 0 Å². The highest BCUT2D eigenvalue weighted by Gasteiger charge is 2.01. The Morgan fingerprint density at radius 3 is 2.60 bits per heavy atom. The molecule has 0 bridgehead atoms. The Labute approximate surface area is 90.9 Å². The van der Waals surface area contributed by atoms with E-state index in [0.29, 0.717) is 32.6 Å². The van der Waals surface area contributed by atoms with E-state index in [1.165, 1.54) is 0 Å². The van der Waals surface area contributed by atoms with E-state index in [4.69, 9.17) is 10.5 Å². The largest absolute Gasteiger partial charge is 0.393 e. The molecule has 1 unspecified atom stereocenters. The molecular formula is C12H19NO2. The molecule has 0 spiro atoms. The fourth-order valence-corrected chi connectivity index (χ4v) is 1.32. The Bertz CT molecular complexity index is 251. The van der Waals surface area contributed by atoms with Gasteiger partial charge >= 0.3 is 0 Å². The van der Waals surface area contributed by atoms with Crippen LogP contribution in [-0.2, 0) is 11.3 Å². The topological polar surface area (TPSA) is 55.5 Å². The third kappa shape index (κ3) is 5.52. The van der Waals surface area contributed by atoms with Gasteiger partial charge in [0.05, 0.1) is 12.7 Å². The first kappa shape index (κ1) is 12.2. The number of aliphatic hydroxyl groups excluding tert-OH is 1. The van der Waals surface area contributed by atoms with Gasteiger partial charge in [0.2, 0.25) is 0 Å². The normalized spacial score (nSPS) is 12.7. The summed E-state index contributed by atoms with van der Waals surface area (Å²) >= 11 is 0. The smallest absolute Gasteiger partial charge is 0.0716 e. The van der Waals surface area contributed by atoms with Gasteiger partial charge in [0.25, 0.3) is 0 Å². The molecule has 0 fully saturated rings. The second-order valence-corrected chi connectivity index (χ2v) is 3.56. The predicted molar refractivity (Wildman–Crippen MR) is 60.4 cm³/mol. The number of rotatable bonds is 7. The zero-order valence-electron chi connectivity index (χ0n) is 8.93. The molecule has 0 heterocycles. The Morgan fingerprint density at radius 2 is 1.93 bits per heavy atom. The monoisotopic (exact) mass is 209 g/mol. The number of aliphatic hydroxyl groups is 1. The molecule has 3 nitrogen and oxygen atoms in total. The number of nitrogens with two attached hydrogens (primary N) is 1. The summed E-state index contributed by atoms with van der Waals surface area (Å²) in [4.78, 5) is 0. The quantitative estimate of drug-likeness (QED) is 0.666. The summed E-state index contributed by atoms with van der Waals surface area (Å²) in [5.41, 5.74) is 6.48. The minimum Gasteiger partial charge on any atom is -0.393 e. The average molecular weight is 209 g/mol. The molecule has 0 saturated carbocycles. The van der Waals surface area contributed by atoms with Crippen LogP contribution in [0.3, 0.4) is 0 Å². The van der Waals surface area contributed by atoms with Crippen molar-refractivity contribution in [1.82, 2.24) is 0 Å². The van der Waals surface area contributed by atoms with Gasteiger partial charge in [0.15, 0.2) is 0 Å². The van der Waals surface area contributed by atoms with Crippen LogP contribution in [0.4, 0.5) is 0 Å². The molecule has 1 aromatic rings. The standard InChI is InChI=1S/C12H19NO2/c13-8-6-12(14)7-9-15-10-11-4-2-1-3-5-11/h1-5,12,14H,6-10,13H2. The minimum atomic E-state index is -0.328. The van der Waals surface area contributed by atoms with E-state index in [-0.39, 0.29) is 6.10 Å². The minimum absolute atomic E-state index is 0.328. The fourth-order valence-electron chi connectivity index (χ4n) is 1.32. The van der Waals surface area contributed by atoms with Gasteiger partial charge in [-0.1, -0.05) is 30.3 Å². The van der Waals surface area contributed by atoms with Crippen LogP contribution in [0.25, 0.3) is 0 Å². The third-order valence-electron chi connectivity index (χ3n) is 2.21. The molecule has 0 aliphatic carbocycles. The maximum atomic E-state index is 9.39. The SMILES string of the molecule is NCCC(O)CCOCc1ccccc1. The van der Waals surface area contributed by atoms with Crippen molar-refractivity contribution >= 4 is 0 Å². The Balaban J connectivity index is 2.07. The Kier molecular flexibility index (Phi) is 6.00. The molecule has 3 heteroatoms. The zero-order chi connectivity index (χ0) is 10.9. The van der Waals surface area contributed by atoms with Crippen LogP contribution >= 0.6 is 0 Å². The molecule has 0 amide bonds. The van der Waals surface area contributed by atoms with E-state index in [1.807, 2.05) is 30.3 Å². The lowest BCUT2D eigenvalue weighted by atomic mass is 10.2. The first-order valence-corrected chi connectivity index (χ1v) is 5.32. The molecule has 0 radical (unpaired) electrons. The lowest BCUT2D eigenvalue weighted by Crippen LogP contribution is -2.15. The van der Waals surface area contributed by atoms with Crippen LogP contribution in [0.15, 0.2) is 30.3 Å². The van der Waals surface area contributed by atoms with Crippen molar-refractivity contribution in [1.29, 1.82) is 0 Å². The first-order valence-electron chi connectivity index (χ1n) is 5.32. The van der Waals surface area contributed by atoms with Crippen molar-refractivity contribution in [2.75, 3.05) is 13.2 Å². The Hall–Kier alpha value is -0.900. The Morgan fingerprint density at radius 1 is 1.20 bits per heavy atom. The zero-order valence-corrected chi connectivity index (χ0v) is 8.93. The second-order valence-electron chi connectivity index (χ2n) is 3.56. The number of hydrogen-bond donors (Lipinski definition) is 2. The number of ether oxygens (including phenoxy) is 1. The van der Waals surface area contributed by atoms with Gasteiger partial charge in [-0.3, -0.25) is 0 Å². The van der Waals surface area contributed by atoms with Gasteiger partial charge < -0.3 is 15.6 Å². The summed E-state index contributed by atoms with van der Waals surface area (Å²) in [6.45, 7) is 1.71. The molecular weight excluding hydrogens is 190 g/mol. The van der Waals surface area contributed by atoms with Crippen molar-refractivity contribution in [3.05, 3.63) is 35.9 Å². The van der Waals surface area contributed by atoms with Gasteiger partial charge in [-0.25, -0.2) is 0 Å². The maximum Gasteiger partial charge on any atom is 0.0716 e. The molecule has 0 saturated heterocycles. The highest BCUT2D eigenvalue weighted by molar-refractivity contribution is 5.13. The van der Waals surface area contributed by atoms with E-state index >= 15 is 0 Å². The van der Waals surface area contributed by atoms with Crippen LogP contribution in [0.1, 0.15) is 18.4 Å². The van der Waals surface area contributed by atoms with Gasteiger partial charge in [-0.05, 0) is 24.9 Å². The summed E-state index contributed by atoms with van der Waals surface area (Å²) in [5, 5.41) is 9.39. The summed E-state index contributed by atoms with van der Waals surface area (Å²) in [6, 6.07) is 10.0. The van der Waals surface area contributed by atoms with Gasteiger partial charge in [0, 0.05) is 6.61 Å². The second kappa shape index (κ2) is 7.40. The van der Waals surface area contributed by atoms with Gasteiger partial charge in [-0.2, -0.15) is 0 Å². The third-order valence-corrected chi connectivity index (χ3v) is 2.21. The summed E-state index contributed by atoms with van der Waals surface area (Å²) in [6.07, 6.45) is 0.976. The van der Waals surface area contributed by atoms with E-state index in [1.54, 1.807) is 0 Å². The van der Waals surface area contributed by atoms with E-state index in [9.17, 15) is 5.11 Å². The van der Waals surface area contributed by atoms with Crippen LogP contribution in [0, 0.1) is 0 Å². The van der Waals surface area contributed by atoms with Crippen molar-refractivity contribution < 1.29 is 9.84 Å². The molecule has 15 heavy (non-hydrogen) atoms. The summed E-state index contributed by atoms with van der Waals surface area (Å²) in [7, 11) is 0. The van der Waals surface area contributed by atoms with Crippen LogP contribution in [0.5, 0.6) is 0 Å². The highest BCUT2D eigenvalue weighted by atomic mass is 16.5. The van der Waals surface area contributed by atoms with Crippen molar-refractivity contribution in [3.63, 3.8) is 0 Å². The van der Waals surface area contributed by atoms with E-state index in [2.05, 4.69) is 0 Å². The van der Waals surface area contributed by atoms with Gasteiger partial charge in [0.1, 0.15) is 0 Å². The summed E-state index contributed by atoms with van der Waals surface area (Å²) in [5.74, 6) is 0. The number of benzene rings is 1. The lowest BCUT2D eigenvalue weighted by Gasteiger charge is -2.09. The van der Waals surface area contributed by atoms with Crippen LogP contribution < -0.4 is 5.73 Å². The average Bonchev–Trinajstić information content (AvgIpc) is 2.26. The van der Waals surface area contributed by atoms with Crippen molar-refractivity contribution in [3.8, 4) is 0 Å².